The molecular formula is C19H26N4O2S. The molecule has 0 saturated heterocycles. The van der Waals surface area contributed by atoms with E-state index in [0.717, 1.165) is 28.7 Å². The molecule has 1 heterocycles. The number of primary amides is 1. The number of nitrogens with zero attached hydrogens (tertiary/aromatic N) is 3. The van der Waals surface area contributed by atoms with Crippen molar-refractivity contribution in [3.8, 4) is 17.1 Å². The summed E-state index contributed by atoms with van der Waals surface area (Å²) in [6.07, 6.45) is 4.75. The van der Waals surface area contributed by atoms with E-state index < -0.39 is 0 Å². The Bertz CT molecular complexity index is 759. The van der Waals surface area contributed by atoms with Gasteiger partial charge in [0.15, 0.2) is 11.0 Å². The Labute approximate surface area is 158 Å². The SMILES string of the molecule is COc1ccc(-c2nnc(S[C@@H](C)C(N)=O)n2[C@H]2CCCC[C@H]2C)cc1. The van der Waals surface area contributed by atoms with Gasteiger partial charge in [-0.3, -0.25) is 9.36 Å². The Morgan fingerprint density at radius 1 is 1.27 bits per heavy atom. The molecule has 1 aromatic heterocycles. The zero-order valence-corrected chi connectivity index (χ0v) is 16.3. The lowest BCUT2D eigenvalue weighted by Gasteiger charge is -2.31. The molecule has 6 nitrogen and oxygen atoms in total. The fourth-order valence-electron chi connectivity index (χ4n) is 3.49. The molecule has 0 unspecified atom stereocenters. The summed E-state index contributed by atoms with van der Waals surface area (Å²) in [4.78, 5) is 11.5. The van der Waals surface area contributed by atoms with Crippen molar-refractivity contribution < 1.29 is 9.53 Å². The number of methoxy groups -OCH3 is 1. The van der Waals surface area contributed by atoms with E-state index >= 15 is 0 Å². The minimum absolute atomic E-state index is 0.332. The third kappa shape index (κ3) is 3.87. The molecule has 1 amide bonds. The summed E-state index contributed by atoms with van der Waals surface area (Å²) in [6.45, 7) is 4.09. The van der Waals surface area contributed by atoms with Crippen LogP contribution in [0.15, 0.2) is 29.4 Å². The van der Waals surface area contributed by atoms with E-state index in [1.807, 2.05) is 31.2 Å². The number of aromatic nitrogens is 3. The molecule has 0 radical (unpaired) electrons. The smallest absolute Gasteiger partial charge is 0.230 e. The van der Waals surface area contributed by atoms with Gasteiger partial charge >= 0.3 is 0 Å². The maximum absolute atomic E-state index is 11.5. The van der Waals surface area contributed by atoms with Crippen LogP contribution < -0.4 is 10.5 Å². The summed E-state index contributed by atoms with van der Waals surface area (Å²) in [5.74, 6) is 1.85. The number of ether oxygens (including phenoxy) is 1. The molecule has 1 fully saturated rings. The molecule has 2 aromatic rings. The monoisotopic (exact) mass is 374 g/mol. The zero-order valence-electron chi connectivity index (χ0n) is 15.5. The summed E-state index contributed by atoms with van der Waals surface area (Å²) < 4.78 is 7.47. The second-order valence-corrected chi connectivity index (χ2v) is 8.20. The molecule has 0 spiro atoms. The fourth-order valence-corrected chi connectivity index (χ4v) is 4.35. The molecule has 140 valence electrons. The number of hydrogen-bond donors (Lipinski definition) is 1. The lowest BCUT2D eigenvalue weighted by Crippen LogP contribution is -2.25. The summed E-state index contributed by atoms with van der Waals surface area (Å²) in [6, 6.07) is 8.19. The molecule has 0 bridgehead atoms. The van der Waals surface area contributed by atoms with Crippen LogP contribution in [0.25, 0.3) is 11.4 Å². The van der Waals surface area contributed by atoms with Gasteiger partial charge < -0.3 is 10.5 Å². The van der Waals surface area contributed by atoms with Crippen molar-refractivity contribution in [2.24, 2.45) is 11.7 Å². The van der Waals surface area contributed by atoms with Gasteiger partial charge in [-0.05, 0) is 49.9 Å². The topological polar surface area (TPSA) is 83.0 Å². The van der Waals surface area contributed by atoms with E-state index in [4.69, 9.17) is 10.5 Å². The fraction of sp³-hybridized carbons (Fsp3) is 0.526. The summed E-state index contributed by atoms with van der Waals surface area (Å²) in [5, 5.41) is 9.29. The molecule has 7 heteroatoms. The van der Waals surface area contributed by atoms with E-state index in [-0.39, 0.29) is 11.2 Å². The first kappa shape index (κ1) is 18.8. The Morgan fingerprint density at radius 3 is 2.58 bits per heavy atom. The normalized spacial score (nSPS) is 21.3. The Balaban J connectivity index is 2.02. The van der Waals surface area contributed by atoms with Crippen molar-refractivity contribution in [1.29, 1.82) is 0 Å². The Morgan fingerprint density at radius 2 is 1.96 bits per heavy atom. The predicted molar refractivity (Wildman–Crippen MR) is 103 cm³/mol. The summed E-state index contributed by atoms with van der Waals surface area (Å²) in [7, 11) is 1.65. The first-order valence-electron chi connectivity index (χ1n) is 9.06. The van der Waals surface area contributed by atoms with Crippen LogP contribution in [0.2, 0.25) is 0 Å². The standard InChI is InChI=1S/C19H26N4O2S/c1-12-6-4-5-7-16(12)23-18(14-8-10-15(25-3)11-9-14)21-22-19(23)26-13(2)17(20)24/h8-13,16H,4-7H2,1-3H3,(H2,20,24)/t12-,13+,16+/m1/s1. The minimum Gasteiger partial charge on any atom is -0.497 e. The van der Waals surface area contributed by atoms with Gasteiger partial charge in [0.25, 0.3) is 0 Å². The first-order chi connectivity index (χ1) is 12.5. The molecule has 26 heavy (non-hydrogen) atoms. The third-order valence-corrected chi connectivity index (χ3v) is 6.17. The second kappa shape index (κ2) is 8.12. The van der Waals surface area contributed by atoms with E-state index in [1.165, 1.54) is 31.0 Å². The number of amides is 1. The Kier molecular flexibility index (Phi) is 5.86. The van der Waals surface area contributed by atoms with Crippen LogP contribution >= 0.6 is 11.8 Å². The number of carbonyl (C=O) groups excluding carboxylic acids is 1. The van der Waals surface area contributed by atoms with Crippen LogP contribution in [0.1, 0.15) is 45.6 Å². The van der Waals surface area contributed by atoms with E-state index in [1.54, 1.807) is 7.11 Å². The average molecular weight is 375 g/mol. The number of hydrogen-bond acceptors (Lipinski definition) is 5. The van der Waals surface area contributed by atoms with Gasteiger partial charge in [-0.1, -0.05) is 31.5 Å². The van der Waals surface area contributed by atoms with Gasteiger partial charge in [-0.25, -0.2) is 0 Å². The lowest BCUT2D eigenvalue weighted by molar-refractivity contribution is -0.117. The van der Waals surface area contributed by atoms with Crippen molar-refractivity contribution in [3.05, 3.63) is 24.3 Å². The molecular weight excluding hydrogens is 348 g/mol. The highest BCUT2D eigenvalue weighted by Gasteiger charge is 2.29. The van der Waals surface area contributed by atoms with Crippen LogP contribution in [-0.4, -0.2) is 33.0 Å². The van der Waals surface area contributed by atoms with E-state index in [0.29, 0.717) is 12.0 Å². The second-order valence-electron chi connectivity index (χ2n) is 6.90. The highest BCUT2D eigenvalue weighted by Crippen LogP contribution is 2.39. The third-order valence-electron chi connectivity index (χ3n) is 5.09. The van der Waals surface area contributed by atoms with Crippen LogP contribution in [0.5, 0.6) is 5.75 Å². The molecule has 1 aliphatic rings. The van der Waals surface area contributed by atoms with Crippen molar-refractivity contribution in [1.82, 2.24) is 14.8 Å². The molecule has 3 rings (SSSR count). The van der Waals surface area contributed by atoms with Crippen LogP contribution in [0.4, 0.5) is 0 Å². The summed E-state index contributed by atoms with van der Waals surface area (Å²) in [5.41, 5.74) is 6.45. The van der Waals surface area contributed by atoms with Crippen molar-refractivity contribution in [3.63, 3.8) is 0 Å². The quantitative estimate of drug-likeness (QED) is 0.780. The van der Waals surface area contributed by atoms with E-state index in [2.05, 4.69) is 21.7 Å². The number of carbonyl (C=O) groups is 1. The molecule has 1 saturated carbocycles. The number of benzene rings is 1. The van der Waals surface area contributed by atoms with E-state index in [9.17, 15) is 4.79 Å². The van der Waals surface area contributed by atoms with Gasteiger partial charge in [0.2, 0.25) is 5.91 Å². The summed E-state index contributed by atoms with van der Waals surface area (Å²) >= 11 is 1.39. The number of nitrogens with two attached hydrogens (primary N) is 1. The zero-order chi connectivity index (χ0) is 18.7. The highest BCUT2D eigenvalue weighted by molar-refractivity contribution is 8.00. The minimum atomic E-state index is -0.347. The van der Waals surface area contributed by atoms with Gasteiger partial charge in [-0.2, -0.15) is 0 Å². The van der Waals surface area contributed by atoms with Crippen molar-refractivity contribution in [2.75, 3.05) is 7.11 Å². The van der Waals surface area contributed by atoms with Gasteiger partial charge in [0.05, 0.1) is 12.4 Å². The largest absolute Gasteiger partial charge is 0.497 e. The molecule has 1 aromatic carbocycles. The van der Waals surface area contributed by atoms with Crippen LogP contribution in [0, 0.1) is 5.92 Å². The maximum Gasteiger partial charge on any atom is 0.230 e. The van der Waals surface area contributed by atoms with Gasteiger partial charge in [0.1, 0.15) is 5.75 Å². The van der Waals surface area contributed by atoms with Crippen molar-refractivity contribution >= 4 is 17.7 Å². The highest BCUT2D eigenvalue weighted by atomic mass is 32.2. The predicted octanol–water partition coefficient (Wildman–Crippen LogP) is 3.67. The first-order valence-corrected chi connectivity index (χ1v) is 9.94. The average Bonchev–Trinajstić information content (AvgIpc) is 3.05. The Hall–Kier alpha value is -2.02. The molecule has 2 N–H and O–H groups in total. The van der Waals surface area contributed by atoms with Gasteiger partial charge in [0, 0.05) is 11.6 Å². The lowest BCUT2D eigenvalue weighted by atomic mass is 9.85. The number of thioether (sulfide) groups is 1. The molecule has 1 aliphatic carbocycles. The van der Waals surface area contributed by atoms with Gasteiger partial charge in [-0.15, -0.1) is 10.2 Å². The number of rotatable bonds is 6. The van der Waals surface area contributed by atoms with Crippen molar-refractivity contribution in [2.45, 2.75) is 56.0 Å². The van der Waals surface area contributed by atoms with Crippen LogP contribution in [0.3, 0.4) is 0 Å². The van der Waals surface area contributed by atoms with Crippen LogP contribution in [-0.2, 0) is 4.79 Å². The maximum atomic E-state index is 11.5. The molecule has 0 aliphatic heterocycles. The molecule has 3 atom stereocenters.